The molecule has 106 valence electrons. The molecule has 2 rings (SSSR count). The van der Waals surface area contributed by atoms with Gasteiger partial charge in [0.25, 0.3) is 0 Å². The zero-order valence-corrected chi connectivity index (χ0v) is 12.9. The van der Waals surface area contributed by atoms with Gasteiger partial charge in [0.1, 0.15) is 0 Å². The first-order valence-corrected chi connectivity index (χ1v) is 8.87. The van der Waals surface area contributed by atoms with E-state index >= 15 is 0 Å². The minimum Gasteiger partial charge on any atom is -0.374 e. The molecular formula is C15H29NOS. The standard InChI is InChI=1S/C15H29NOS/c1-3-4-5-6-13(2)16-14-7-9-17-15(11-14)8-10-18-12-15/h13-14,16H,3-12H2,1-2H3. The van der Waals surface area contributed by atoms with Crippen LogP contribution in [-0.4, -0.2) is 35.8 Å². The van der Waals surface area contributed by atoms with Crippen molar-refractivity contribution >= 4 is 11.8 Å². The van der Waals surface area contributed by atoms with Gasteiger partial charge < -0.3 is 10.1 Å². The van der Waals surface area contributed by atoms with Crippen molar-refractivity contribution in [2.24, 2.45) is 0 Å². The van der Waals surface area contributed by atoms with Gasteiger partial charge >= 0.3 is 0 Å². The lowest BCUT2D eigenvalue weighted by atomic mass is 9.89. The second-order valence-corrected chi connectivity index (χ2v) is 7.19. The first-order valence-electron chi connectivity index (χ1n) is 7.72. The van der Waals surface area contributed by atoms with E-state index in [0.717, 1.165) is 6.61 Å². The molecule has 0 saturated carbocycles. The maximum absolute atomic E-state index is 6.08. The van der Waals surface area contributed by atoms with Crippen molar-refractivity contribution in [1.82, 2.24) is 5.32 Å². The SMILES string of the molecule is CCCCCC(C)NC1CCOC2(CCSC2)C1. The van der Waals surface area contributed by atoms with Gasteiger partial charge in [-0.15, -0.1) is 0 Å². The molecule has 0 bridgehead atoms. The number of thioether (sulfide) groups is 1. The van der Waals surface area contributed by atoms with Gasteiger partial charge in [0.15, 0.2) is 0 Å². The summed E-state index contributed by atoms with van der Waals surface area (Å²) in [6.45, 7) is 5.58. The van der Waals surface area contributed by atoms with Crippen LogP contribution in [-0.2, 0) is 4.74 Å². The van der Waals surface area contributed by atoms with E-state index in [2.05, 4.69) is 30.9 Å². The van der Waals surface area contributed by atoms with Crippen molar-refractivity contribution in [2.75, 3.05) is 18.1 Å². The maximum atomic E-state index is 6.08. The Hall–Kier alpha value is 0.270. The summed E-state index contributed by atoms with van der Waals surface area (Å²) in [7, 11) is 0. The lowest BCUT2D eigenvalue weighted by Crippen LogP contribution is -2.49. The summed E-state index contributed by atoms with van der Waals surface area (Å²) in [4.78, 5) is 0. The number of hydrogen-bond acceptors (Lipinski definition) is 3. The summed E-state index contributed by atoms with van der Waals surface area (Å²) >= 11 is 2.06. The molecule has 3 heteroatoms. The van der Waals surface area contributed by atoms with E-state index < -0.39 is 0 Å². The van der Waals surface area contributed by atoms with Gasteiger partial charge in [0, 0.05) is 24.4 Å². The van der Waals surface area contributed by atoms with Gasteiger partial charge in [-0.1, -0.05) is 26.2 Å². The molecule has 0 aromatic heterocycles. The molecule has 0 radical (unpaired) electrons. The van der Waals surface area contributed by atoms with Crippen molar-refractivity contribution in [3.05, 3.63) is 0 Å². The van der Waals surface area contributed by atoms with Crippen LogP contribution in [0.2, 0.25) is 0 Å². The monoisotopic (exact) mass is 271 g/mol. The summed E-state index contributed by atoms with van der Waals surface area (Å²) in [5.41, 5.74) is 0.226. The van der Waals surface area contributed by atoms with Gasteiger partial charge in [-0.05, 0) is 38.4 Å². The first kappa shape index (κ1) is 14.7. The number of nitrogens with one attached hydrogen (secondary N) is 1. The van der Waals surface area contributed by atoms with E-state index in [9.17, 15) is 0 Å². The lowest BCUT2D eigenvalue weighted by molar-refractivity contribution is -0.0712. The van der Waals surface area contributed by atoms with Crippen LogP contribution in [0, 0.1) is 0 Å². The molecule has 0 aromatic rings. The van der Waals surface area contributed by atoms with E-state index in [4.69, 9.17) is 4.74 Å². The van der Waals surface area contributed by atoms with Crippen molar-refractivity contribution < 1.29 is 4.74 Å². The van der Waals surface area contributed by atoms with Crippen LogP contribution in [0.4, 0.5) is 0 Å². The predicted octanol–water partition coefficient (Wildman–Crippen LogP) is 3.60. The summed E-state index contributed by atoms with van der Waals surface area (Å²) in [6, 6.07) is 1.36. The van der Waals surface area contributed by atoms with Crippen LogP contribution in [0.25, 0.3) is 0 Å². The molecule has 2 aliphatic heterocycles. The molecule has 2 aliphatic rings. The highest BCUT2D eigenvalue weighted by molar-refractivity contribution is 7.99. The Labute approximate surface area is 117 Å². The summed E-state index contributed by atoms with van der Waals surface area (Å²) in [6.07, 6.45) is 9.09. The van der Waals surface area contributed by atoms with Crippen LogP contribution in [0.15, 0.2) is 0 Å². The smallest absolute Gasteiger partial charge is 0.0795 e. The molecule has 0 aromatic carbocycles. The Morgan fingerprint density at radius 1 is 1.44 bits per heavy atom. The molecule has 2 saturated heterocycles. The van der Waals surface area contributed by atoms with Crippen molar-refractivity contribution in [3.63, 3.8) is 0 Å². The third kappa shape index (κ3) is 4.14. The van der Waals surface area contributed by atoms with Crippen LogP contribution >= 0.6 is 11.8 Å². The summed E-state index contributed by atoms with van der Waals surface area (Å²) in [5, 5.41) is 3.84. The van der Waals surface area contributed by atoms with Gasteiger partial charge in [-0.2, -0.15) is 11.8 Å². The fourth-order valence-electron chi connectivity index (χ4n) is 3.22. The van der Waals surface area contributed by atoms with E-state index in [1.54, 1.807) is 0 Å². The minimum absolute atomic E-state index is 0.226. The quantitative estimate of drug-likeness (QED) is 0.746. The van der Waals surface area contributed by atoms with Gasteiger partial charge in [-0.25, -0.2) is 0 Å². The lowest BCUT2D eigenvalue weighted by Gasteiger charge is -2.39. The van der Waals surface area contributed by atoms with E-state index in [1.807, 2.05) is 0 Å². The Morgan fingerprint density at radius 3 is 3.06 bits per heavy atom. The number of ether oxygens (including phenoxy) is 1. The minimum atomic E-state index is 0.226. The largest absolute Gasteiger partial charge is 0.374 e. The van der Waals surface area contributed by atoms with E-state index in [0.29, 0.717) is 12.1 Å². The predicted molar refractivity (Wildman–Crippen MR) is 80.4 cm³/mol. The van der Waals surface area contributed by atoms with Crippen molar-refractivity contribution in [3.8, 4) is 0 Å². The molecule has 1 N–H and O–H groups in total. The molecule has 0 amide bonds. The Morgan fingerprint density at radius 2 is 2.33 bits per heavy atom. The van der Waals surface area contributed by atoms with Crippen LogP contribution in [0.1, 0.15) is 58.8 Å². The van der Waals surface area contributed by atoms with Gasteiger partial charge in [-0.3, -0.25) is 0 Å². The Bertz CT molecular complexity index is 241. The molecule has 3 atom stereocenters. The summed E-state index contributed by atoms with van der Waals surface area (Å²) < 4.78 is 6.08. The van der Waals surface area contributed by atoms with Crippen LogP contribution < -0.4 is 5.32 Å². The average Bonchev–Trinajstić information content (AvgIpc) is 2.77. The zero-order valence-electron chi connectivity index (χ0n) is 12.0. The van der Waals surface area contributed by atoms with Crippen molar-refractivity contribution in [2.45, 2.75) is 76.5 Å². The van der Waals surface area contributed by atoms with Crippen LogP contribution in [0.3, 0.4) is 0 Å². The molecule has 0 aliphatic carbocycles. The summed E-state index contributed by atoms with van der Waals surface area (Å²) in [5.74, 6) is 2.51. The van der Waals surface area contributed by atoms with Crippen molar-refractivity contribution in [1.29, 1.82) is 0 Å². The topological polar surface area (TPSA) is 21.3 Å². The highest BCUT2D eigenvalue weighted by Crippen LogP contribution is 2.38. The Balaban J connectivity index is 1.72. The fourth-order valence-corrected chi connectivity index (χ4v) is 4.60. The second-order valence-electron chi connectivity index (χ2n) is 6.09. The molecule has 18 heavy (non-hydrogen) atoms. The second kappa shape index (κ2) is 7.16. The molecular weight excluding hydrogens is 242 g/mol. The third-order valence-corrected chi connectivity index (χ3v) is 5.54. The molecule has 2 heterocycles. The van der Waals surface area contributed by atoms with Gasteiger partial charge in [0.05, 0.1) is 5.60 Å². The van der Waals surface area contributed by atoms with Gasteiger partial charge in [0.2, 0.25) is 0 Å². The normalized spacial score (nSPS) is 34.0. The fraction of sp³-hybridized carbons (Fsp3) is 1.00. The average molecular weight is 271 g/mol. The third-order valence-electron chi connectivity index (χ3n) is 4.32. The highest BCUT2D eigenvalue weighted by Gasteiger charge is 2.40. The van der Waals surface area contributed by atoms with E-state index in [-0.39, 0.29) is 5.60 Å². The number of rotatable bonds is 6. The Kier molecular flexibility index (Phi) is 5.84. The van der Waals surface area contributed by atoms with Crippen LogP contribution in [0.5, 0.6) is 0 Å². The highest BCUT2D eigenvalue weighted by atomic mass is 32.2. The molecule has 1 spiro atoms. The first-order chi connectivity index (χ1) is 8.74. The number of hydrogen-bond donors (Lipinski definition) is 1. The number of unbranched alkanes of at least 4 members (excludes halogenated alkanes) is 2. The maximum Gasteiger partial charge on any atom is 0.0795 e. The molecule has 2 nitrogen and oxygen atoms in total. The zero-order chi connectivity index (χ0) is 12.8. The van der Waals surface area contributed by atoms with E-state index in [1.165, 1.54) is 56.5 Å². The molecule has 2 fully saturated rings. The molecule has 3 unspecified atom stereocenters.